The number of benzene rings is 2. The maximum absolute atomic E-state index is 4.88. The fourth-order valence-corrected chi connectivity index (χ4v) is 7.16. The van der Waals surface area contributed by atoms with E-state index in [9.17, 15) is 0 Å². The standard InChI is InChI=1S/C38H28N6/c1-3-15-30-25(11-1)26-19-20-32-35(38(26)44(30)34-18-10-24-42-37(34)29-14-6-8-22-40-29)27-12-2-4-16-31(27)43(32)33-17-9-23-41-36(33)28-13-5-7-21-39-28/h1,3,5-11,13-15,17-24H,2,4,12,16H2. The summed E-state index contributed by atoms with van der Waals surface area (Å²) in [6.45, 7) is 0. The van der Waals surface area contributed by atoms with Gasteiger partial charge in [0.25, 0.3) is 0 Å². The molecule has 0 saturated heterocycles. The molecule has 9 rings (SSSR count). The van der Waals surface area contributed by atoms with Crippen molar-refractivity contribution in [3.63, 3.8) is 0 Å². The molecule has 1 aliphatic carbocycles. The second-order valence-electron chi connectivity index (χ2n) is 11.3. The van der Waals surface area contributed by atoms with E-state index in [-0.39, 0.29) is 0 Å². The zero-order valence-electron chi connectivity index (χ0n) is 24.1. The molecule has 1 aliphatic rings. The van der Waals surface area contributed by atoms with E-state index in [2.05, 4.69) is 62.6 Å². The topological polar surface area (TPSA) is 61.4 Å². The van der Waals surface area contributed by atoms with Crippen LogP contribution in [0.1, 0.15) is 24.1 Å². The Hall–Kier alpha value is -5.62. The summed E-state index contributed by atoms with van der Waals surface area (Å²) in [6.07, 6.45) is 11.8. The smallest absolute Gasteiger partial charge is 0.113 e. The van der Waals surface area contributed by atoms with E-state index < -0.39 is 0 Å². The largest absolute Gasteiger partial charge is 0.311 e. The number of hydrogen-bond donors (Lipinski definition) is 0. The van der Waals surface area contributed by atoms with Crippen LogP contribution in [0.5, 0.6) is 0 Å². The SMILES string of the molecule is c1ccc(-c2ncccc2-n2c3c(c4c2ccc2c5ccccc5n(-c5cccnc5-c5ccccn5)c24)CCCC3)nc1. The van der Waals surface area contributed by atoms with Gasteiger partial charge in [-0.1, -0.05) is 36.4 Å². The fraction of sp³-hybridized carbons (Fsp3) is 0.105. The van der Waals surface area contributed by atoms with Gasteiger partial charge in [0.2, 0.25) is 0 Å². The van der Waals surface area contributed by atoms with Crippen LogP contribution in [0.2, 0.25) is 0 Å². The Morgan fingerprint density at radius 2 is 1.11 bits per heavy atom. The van der Waals surface area contributed by atoms with Crippen LogP contribution >= 0.6 is 0 Å². The molecule has 0 bridgehead atoms. The molecule has 6 heteroatoms. The molecule has 0 fully saturated rings. The predicted molar refractivity (Wildman–Crippen MR) is 176 cm³/mol. The van der Waals surface area contributed by atoms with E-state index in [0.717, 1.165) is 52.5 Å². The fourth-order valence-electron chi connectivity index (χ4n) is 7.16. The van der Waals surface area contributed by atoms with Gasteiger partial charge in [0.15, 0.2) is 0 Å². The summed E-state index contributed by atoms with van der Waals surface area (Å²) < 4.78 is 4.89. The maximum atomic E-state index is 4.88. The molecule has 0 amide bonds. The van der Waals surface area contributed by atoms with Gasteiger partial charge >= 0.3 is 0 Å². The van der Waals surface area contributed by atoms with Crippen LogP contribution in [0.4, 0.5) is 0 Å². The minimum atomic E-state index is 0.858. The van der Waals surface area contributed by atoms with Crippen LogP contribution in [0.15, 0.2) is 122 Å². The van der Waals surface area contributed by atoms with Crippen LogP contribution in [-0.4, -0.2) is 29.1 Å². The molecule has 6 aromatic heterocycles. The van der Waals surface area contributed by atoms with Gasteiger partial charge in [-0.2, -0.15) is 0 Å². The lowest BCUT2D eigenvalue weighted by Crippen LogP contribution is -2.08. The van der Waals surface area contributed by atoms with Gasteiger partial charge in [0.1, 0.15) is 11.4 Å². The van der Waals surface area contributed by atoms with E-state index in [4.69, 9.17) is 15.0 Å². The number of aromatic nitrogens is 6. The van der Waals surface area contributed by atoms with Crippen LogP contribution in [0, 0.1) is 0 Å². The monoisotopic (exact) mass is 568 g/mol. The first-order valence-corrected chi connectivity index (χ1v) is 15.2. The summed E-state index contributed by atoms with van der Waals surface area (Å²) >= 11 is 0. The third kappa shape index (κ3) is 3.67. The zero-order chi connectivity index (χ0) is 29.0. The molecule has 0 aliphatic heterocycles. The number of fused-ring (bicyclic) bond motifs is 7. The highest BCUT2D eigenvalue weighted by molar-refractivity contribution is 6.20. The van der Waals surface area contributed by atoms with Crippen molar-refractivity contribution >= 4 is 32.7 Å². The molecule has 6 nitrogen and oxygen atoms in total. The average molecular weight is 569 g/mol. The van der Waals surface area contributed by atoms with E-state index in [0.29, 0.717) is 0 Å². The number of para-hydroxylation sites is 1. The minimum absolute atomic E-state index is 0.858. The average Bonchev–Trinajstić information content (AvgIpc) is 3.62. The lowest BCUT2D eigenvalue weighted by molar-refractivity contribution is 0.667. The number of pyridine rings is 4. The first-order valence-electron chi connectivity index (χ1n) is 15.2. The first-order chi connectivity index (χ1) is 21.9. The van der Waals surface area contributed by atoms with Crippen molar-refractivity contribution in [3.05, 3.63) is 133 Å². The molecule has 0 spiro atoms. The summed E-state index contributed by atoms with van der Waals surface area (Å²) in [5.74, 6) is 0. The van der Waals surface area contributed by atoms with Gasteiger partial charge in [0.05, 0.1) is 39.3 Å². The molecule has 0 atom stereocenters. The molecule has 8 aromatic rings. The van der Waals surface area contributed by atoms with Crippen LogP contribution in [0.25, 0.3) is 66.9 Å². The highest BCUT2D eigenvalue weighted by Crippen LogP contribution is 2.44. The molecule has 0 N–H and O–H groups in total. The van der Waals surface area contributed by atoms with Gasteiger partial charge in [-0.25, -0.2) is 0 Å². The van der Waals surface area contributed by atoms with E-state index in [1.54, 1.807) is 0 Å². The van der Waals surface area contributed by atoms with Gasteiger partial charge in [0, 0.05) is 46.6 Å². The zero-order valence-corrected chi connectivity index (χ0v) is 24.1. The van der Waals surface area contributed by atoms with E-state index in [1.807, 2.05) is 73.3 Å². The van der Waals surface area contributed by atoms with Crippen molar-refractivity contribution in [1.29, 1.82) is 0 Å². The summed E-state index contributed by atoms with van der Waals surface area (Å²) in [7, 11) is 0. The lowest BCUT2D eigenvalue weighted by atomic mass is 9.94. The second-order valence-corrected chi connectivity index (χ2v) is 11.3. The number of rotatable bonds is 4. The molecular weight excluding hydrogens is 540 g/mol. The quantitative estimate of drug-likeness (QED) is 0.214. The molecule has 0 unspecified atom stereocenters. The van der Waals surface area contributed by atoms with Crippen LogP contribution in [0.3, 0.4) is 0 Å². The highest BCUT2D eigenvalue weighted by atomic mass is 15.0. The molecule has 0 radical (unpaired) electrons. The molecule has 6 heterocycles. The molecule has 2 aromatic carbocycles. The normalized spacial score (nSPS) is 13.1. The van der Waals surface area contributed by atoms with E-state index in [1.165, 1.54) is 51.3 Å². The van der Waals surface area contributed by atoms with Crippen molar-refractivity contribution < 1.29 is 0 Å². The van der Waals surface area contributed by atoms with Gasteiger partial charge in [-0.05, 0) is 91.9 Å². The van der Waals surface area contributed by atoms with Crippen molar-refractivity contribution in [2.24, 2.45) is 0 Å². The molecular formula is C38H28N6. The Labute approximate surface area is 254 Å². The maximum Gasteiger partial charge on any atom is 0.113 e. The van der Waals surface area contributed by atoms with Crippen molar-refractivity contribution in [2.45, 2.75) is 25.7 Å². The molecule has 44 heavy (non-hydrogen) atoms. The third-order valence-electron chi connectivity index (χ3n) is 8.94. The van der Waals surface area contributed by atoms with Gasteiger partial charge in [-0.15, -0.1) is 0 Å². The summed E-state index contributed by atoms with van der Waals surface area (Å²) in [4.78, 5) is 19.1. The highest BCUT2D eigenvalue weighted by Gasteiger charge is 2.27. The second kappa shape index (κ2) is 9.99. The Morgan fingerprint density at radius 3 is 1.82 bits per heavy atom. The predicted octanol–water partition coefficient (Wildman–Crippen LogP) is 8.52. The lowest BCUT2D eigenvalue weighted by Gasteiger charge is -2.18. The van der Waals surface area contributed by atoms with Crippen molar-refractivity contribution in [1.82, 2.24) is 29.1 Å². The Bertz CT molecular complexity index is 2330. The van der Waals surface area contributed by atoms with Crippen LogP contribution in [-0.2, 0) is 12.8 Å². The van der Waals surface area contributed by atoms with Crippen molar-refractivity contribution in [2.75, 3.05) is 0 Å². The van der Waals surface area contributed by atoms with Gasteiger partial charge < -0.3 is 9.13 Å². The summed E-state index contributed by atoms with van der Waals surface area (Å²) in [5.41, 5.74) is 12.0. The van der Waals surface area contributed by atoms with Crippen LogP contribution < -0.4 is 0 Å². The number of hydrogen-bond acceptors (Lipinski definition) is 4. The molecule has 0 saturated carbocycles. The number of aryl methyl sites for hydroxylation is 1. The summed E-state index contributed by atoms with van der Waals surface area (Å²) in [6, 6.07) is 33.8. The third-order valence-corrected chi connectivity index (χ3v) is 8.94. The van der Waals surface area contributed by atoms with Crippen molar-refractivity contribution in [3.8, 4) is 34.2 Å². The Morgan fingerprint density at radius 1 is 0.477 bits per heavy atom. The summed E-state index contributed by atoms with van der Waals surface area (Å²) in [5, 5.41) is 3.78. The van der Waals surface area contributed by atoms with E-state index >= 15 is 0 Å². The first kappa shape index (κ1) is 24.9. The minimum Gasteiger partial charge on any atom is -0.311 e. The Balaban J connectivity index is 1.44. The number of nitrogens with zero attached hydrogens (tertiary/aromatic N) is 6. The van der Waals surface area contributed by atoms with Gasteiger partial charge in [-0.3, -0.25) is 19.9 Å². The Kier molecular flexibility index (Phi) is 5.66. The molecule has 210 valence electrons.